The molecule has 4 heterocycles. The quantitative estimate of drug-likeness (QED) is 0.0486. The molecule has 8 aliphatic rings. The van der Waals surface area contributed by atoms with Gasteiger partial charge in [-0.2, -0.15) is 0 Å². The van der Waals surface area contributed by atoms with Gasteiger partial charge < -0.3 is 118 Å². The number of methoxy groups -OCH3 is 2. The second-order valence-corrected chi connectivity index (χ2v) is 22.4. The van der Waals surface area contributed by atoms with E-state index in [0.717, 1.165) is 6.08 Å². The van der Waals surface area contributed by atoms with Gasteiger partial charge in [0.1, 0.15) is 67.6 Å². The zero-order valence-electron chi connectivity index (χ0n) is 43.8. The Labute approximate surface area is 451 Å². The molecule has 0 aromatic rings. The van der Waals surface area contributed by atoms with Crippen LogP contribution < -0.4 is 0 Å². The van der Waals surface area contributed by atoms with Crippen molar-refractivity contribution in [2.24, 2.45) is 23.7 Å². The number of carbonyl (C=O) groups excluding carboxylic acids is 2. The maximum atomic E-state index is 13.4. The van der Waals surface area contributed by atoms with Crippen LogP contribution in [0.1, 0.15) is 77.0 Å². The molecule has 4 saturated carbocycles. The largest absolute Gasteiger partial charge is 0.460 e. The minimum absolute atomic E-state index is 0.000416. The van der Waals surface area contributed by atoms with Gasteiger partial charge in [-0.25, -0.2) is 9.59 Å². The van der Waals surface area contributed by atoms with Crippen molar-refractivity contribution in [1.82, 2.24) is 0 Å². The molecule has 4 aliphatic carbocycles. The number of aliphatic hydroxyl groups excluding tert-OH is 13. The van der Waals surface area contributed by atoms with Gasteiger partial charge in [-0.05, 0) is 88.4 Å². The Bertz CT molecular complexity index is 1960. The predicted octanol–water partition coefficient (Wildman–Crippen LogP) is -4.16. The molecule has 0 amide bonds. The van der Waals surface area contributed by atoms with Gasteiger partial charge in [0.2, 0.25) is 0 Å². The molecule has 4 aliphatic heterocycles. The van der Waals surface area contributed by atoms with E-state index in [4.69, 9.17) is 52.1 Å². The van der Waals surface area contributed by atoms with Crippen molar-refractivity contribution in [2.45, 2.75) is 230 Å². The van der Waals surface area contributed by atoms with Gasteiger partial charge >= 0.3 is 11.9 Å². The van der Waals surface area contributed by atoms with Crippen LogP contribution in [0.3, 0.4) is 0 Å². The van der Waals surface area contributed by atoms with Crippen LogP contribution in [0, 0.1) is 23.7 Å². The summed E-state index contributed by atoms with van der Waals surface area (Å²) in [5, 5.41) is 141. The summed E-state index contributed by atoms with van der Waals surface area (Å²) < 4.78 is 66.0. The smallest absolute Gasteiger partial charge is 0.330 e. The Morgan fingerprint density at radius 1 is 0.513 bits per heavy atom. The third-order valence-corrected chi connectivity index (χ3v) is 17.1. The zero-order chi connectivity index (χ0) is 56.1. The Morgan fingerprint density at radius 3 is 1.77 bits per heavy atom. The summed E-state index contributed by atoms with van der Waals surface area (Å²) in [7, 11) is 2.96. The molecule has 4 saturated heterocycles. The molecule has 0 aromatic carbocycles. The van der Waals surface area contributed by atoms with Crippen LogP contribution in [0.25, 0.3) is 0 Å². The zero-order valence-corrected chi connectivity index (χ0v) is 43.8. The number of rotatable bonds is 17. The van der Waals surface area contributed by atoms with E-state index in [9.17, 15) is 76.0 Å². The summed E-state index contributed by atoms with van der Waals surface area (Å²) in [5.41, 5.74) is 0. The maximum Gasteiger partial charge on any atom is 0.330 e. The number of hydrogen-bond acceptors (Lipinski definition) is 26. The number of hydrogen-bond donors (Lipinski definition) is 13. The number of ether oxygens (including phenoxy) is 11. The van der Waals surface area contributed by atoms with Crippen LogP contribution in [-0.2, 0) is 61.7 Å². The van der Waals surface area contributed by atoms with Crippen LogP contribution in [-0.4, -0.2) is 266 Å². The Balaban J connectivity index is 1.06. The van der Waals surface area contributed by atoms with Gasteiger partial charge in [0, 0.05) is 38.7 Å². The molecular formula is C52H82O26. The van der Waals surface area contributed by atoms with Crippen LogP contribution in [0.2, 0.25) is 0 Å². The highest BCUT2D eigenvalue weighted by Crippen LogP contribution is 2.45. The van der Waals surface area contributed by atoms with Crippen LogP contribution >= 0.6 is 0 Å². The van der Waals surface area contributed by atoms with Crippen molar-refractivity contribution in [3.63, 3.8) is 0 Å². The normalized spacial score (nSPS) is 48.6. The van der Waals surface area contributed by atoms with Gasteiger partial charge in [0.05, 0.1) is 80.4 Å². The summed E-state index contributed by atoms with van der Waals surface area (Å²) in [6.07, 6.45) is -24.3. The van der Waals surface area contributed by atoms with Crippen molar-refractivity contribution in [1.29, 1.82) is 0 Å². The molecule has 8 fully saturated rings. The maximum absolute atomic E-state index is 13.4. The highest BCUT2D eigenvalue weighted by atomic mass is 16.8. The van der Waals surface area contributed by atoms with Gasteiger partial charge in [0.25, 0.3) is 0 Å². The Kier molecular flexibility index (Phi) is 21.9. The molecule has 0 spiro atoms. The summed E-state index contributed by atoms with van der Waals surface area (Å²) in [5.74, 6) is -3.31. The molecule has 446 valence electrons. The summed E-state index contributed by atoms with van der Waals surface area (Å²) in [6.45, 7) is -1.92. The second-order valence-electron chi connectivity index (χ2n) is 22.4. The number of aliphatic hydroxyl groups is 13. The van der Waals surface area contributed by atoms with E-state index in [1.54, 1.807) is 12.2 Å². The highest BCUT2D eigenvalue weighted by Gasteiger charge is 2.56. The van der Waals surface area contributed by atoms with Crippen LogP contribution in [0.4, 0.5) is 0 Å². The average molecular weight is 1120 g/mol. The monoisotopic (exact) mass is 1120 g/mol. The number of esters is 2. The molecule has 29 atom stereocenters. The highest BCUT2D eigenvalue weighted by molar-refractivity contribution is 5.82. The molecule has 13 N–H and O–H groups in total. The third-order valence-electron chi connectivity index (χ3n) is 17.1. The lowest BCUT2D eigenvalue weighted by Gasteiger charge is -2.53. The first-order valence-electron chi connectivity index (χ1n) is 27.4. The third kappa shape index (κ3) is 14.6. The molecule has 0 radical (unpaired) electrons. The van der Waals surface area contributed by atoms with E-state index in [0.29, 0.717) is 44.9 Å². The first kappa shape index (κ1) is 61.6. The van der Waals surface area contributed by atoms with Gasteiger partial charge in [0.15, 0.2) is 25.0 Å². The van der Waals surface area contributed by atoms with E-state index in [1.807, 2.05) is 0 Å². The van der Waals surface area contributed by atoms with Crippen LogP contribution in [0.5, 0.6) is 0 Å². The van der Waals surface area contributed by atoms with Crippen molar-refractivity contribution >= 4 is 11.9 Å². The lowest BCUT2D eigenvalue weighted by atomic mass is 9.72. The van der Waals surface area contributed by atoms with Crippen molar-refractivity contribution in [2.75, 3.05) is 34.0 Å². The van der Waals surface area contributed by atoms with E-state index in [-0.39, 0.29) is 43.9 Å². The Hall–Kier alpha value is -2.46. The predicted molar refractivity (Wildman–Crippen MR) is 260 cm³/mol. The fourth-order valence-electron chi connectivity index (χ4n) is 12.5. The van der Waals surface area contributed by atoms with Gasteiger partial charge in [-0.1, -0.05) is 12.2 Å². The van der Waals surface area contributed by atoms with Gasteiger partial charge in [-0.3, -0.25) is 0 Å². The molecule has 26 heteroatoms. The molecular weight excluding hydrogens is 1040 g/mol. The van der Waals surface area contributed by atoms with E-state index >= 15 is 0 Å². The number of allylic oxidation sites excluding steroid dienone is 2. The molecule has 78 heavy (non-hydrogen) atoms. The first-order chi connectivity index (χ1) is 37.3. The minimum atomic E-state index is -1.98. The number of carbonyl (C=O) groups is 2. The molecule has 0 aromatic heterocycles. The lowest BCUT2D eigenvalue weighted by Crippen LogP contribution is -2.65. The second kappa shape index (κ2) is 27.7. The molecule has 0 bridgehead atoms. The van der Waals surface area contributed by atoms with E-state index < -0.39 is 197 Å². The SMILES string of the molecule is COC1CC(C=CC(=O)OCC2OC(OC3CC4C(OC5OC(CO)C(O)C(O)C5O)CC(O)CC4OC3C3CCC(O)C(O)C3)C(OC3OCC(O)C(O)C3OC(=O)C=CC3CCC(O)C(OC)C3)C(O)C2O)CCC1O. The fraction of sp³-hybridized carbons (Fsp3) is 0.885. The van der Waals surface area contributed by atoms with Crippen molar-refractivity contribution in [3.05, 3.63) is 24.3 Å². The molecule has 26 nitrogen and oxygen atoms in total. The lowest BCUT2D eigenvalue weighted by molar-refractivity contribution is -0.373. The number of fused-ring (bicyclic) bond motifs is 1. The Morgan fingerprint density at radius 2 is 1.13 bits per heavy atom. The fourth-order valence-corrected chi connectivity index (χ4v) is 12.5. The van der Waals surface area contributed by atoms with Crippen LogP contribution in [0.15, 0.2) is 24.3 Å². The van der Waals surface area contributed by atoms with Gasteiger partial charge in [-0.15, -0.1) is 0 Å². The van der Waals surface area contributed by atoms with Crippen molar-refractivity contribution in [3.8, 4) is 0 Å². The van der Waals surface area contributed by atoms with E-state index in [1.165, 1.54) is 20.3 Å². The topological polar surface area (TPSA) is 399 Å². The molecule has 29 unspecified atom stereocenters. The summed E-state index contributed by atoms with van der Waals surface area (Å²) in [4.78, 5) is 26.6. The standard InChI is InChI=1S/C52H82O26/c1-68-34-13-22(3-8-28(34)56)5-11-39(60)70-21-38-43(64)45(66)49(78-51-48(41(62)31(59)20-71-51)77-40(61)12-6-23-4-9-29(57)35(14-23)69-2)52(76-38)74-36-18-26-32(72-47(36)24-7-10-27(55)30(58)15-24)16-25(54)17-33(26)73-50-46(67)44(65)42(63)37(19-53)75-50/h5-6,11-12,22-38,41-59,62-67H,3-4,7-10,13-21H2,1-2H3. The average Bonchev–Trinajstić information content (AvgIpc) is 3.44. The molecule has 8 rings (SSSR count). The summed E-state index contributed by atoms with van der Waals surface area (Å²) >= 11 is 0. The minimum Gasteiger partial charge on any atom is -0.460 e. The first-order valence-corrected chi connectivity index (χ1v) is 27.4. The summed E-state index contributed by atoms with van der Waals surface area (Å²) in [6, 6.07) is 0. The van der Waals surface area contributed by atoms with E-state index in [2.05, 4.69) is 0 Å². The van der Waals surface area contributed by atoms with Crippen molar-refractivity contribution < 1.29 is 128 Å².